The van der Waals surface area contributed by atoms with Gasteiger partial charge in [0.15, 0.2) is 5.11 Å². The minimum absolute atomic E-state index is 0.435. The van der Waals surface area contributed by atoms with E-state index >= 15 is 0 Å². The number of ether oxygens (including phenoxy) is 1. The number of halogens is 2. The molecule has 0 fully saturated rings. The Labute approximate surface area is 166 Å². The van der Waals surface area contributed by atoms with Gasteiger partial charge < -0.3 is 15.4 Å². The van der Waals surface area contributed by atoms with Gasteiger partial charge in [-0.3, -0.25) is 4.68 Å². The van der Waals surface area contributed by atoms with Gasteiger partial charge in [-0.2, -0.15) is 5.10 Å². The lowest BCUT2D eigenvalue weighted by Crippen LogP contribution is -2.19. The van der Waals surface area contributed by atoms with Crippen molar-refractivity contribution in [2.24, 2.45) is 0 Å². The first-order chi connectivity index (χ1) is 12.6. The maximum absolute atomic E-state index is 6.21. The molecule has 2 N–H and O–H groups in total. The van der Waals surface area contributed by atoms with Gasteiger partial charge in [0.25, 0.3) is 0 Å². The fraction of sp³-hybridized carbons (Fsp3) is 0.111. The first kappa shape index (κ1) is 18.5. The second-order valence-corrected chi connectivity index (χ2v) is 6.63. The van der Waals surface area contributed by atoms with Crippen LogP contribution in [0.25, 0.3) is 0 Å². The van der Waals surface area contributed by atoms with Gasteiger partial charge in [-0.25, -0.2) is 0 Å². The number of benzene rings is 2. The van der Waals surface area contributed by atoms with Crippen LogP contribution in [0.5, 0.6) is 5.75 Å². The molecule has 0 aliphatic rings. The quantitative estimate of drug-likeness (QED) is 0.580. The van der Waals surface area contributed by atoms with Crippen LogP contribution in [0.1, 0.15) is 5.56 Å². The predicted molar refractivity (Wildman–Crippen MR) is 111 cm³/mol. The number of thiocarbonyl (C=S) groups is 1. The average molecular weight is 407 g/mol. The second-order valence-electron chi connectivity index (χ2n) is 5.41. The van der Waals surface area contributed by atoms with Gasteiger partial charge in [0.05, 0.1) is 31.2 Å². The number of aromatic nitrogens is 2. The van der Waals surface area contributed by atoms with Gasteiger partial charge in [-0.05, 0) is 36.5 Å². The Morgan fingerprint density at radius 2 is 1.85 bits per heavy atom. The van der Waals surface area contributed by atoms with Crippen LogP contribution in [-0.2, 0) is 6.54 Å². The highest BCUT2D eigenvalue weighted by atomic mass is 35.5. The highest BCUT2D eigenvalue weighted by Gasteiger charge is 2.09. The highest BCUT2D eigenvalue weighted by molar-refractivity contribution is 7.80. The van der Waals surface area contributed by atoms with Crippen LogP contribution in [-0.4, -0.2) is 22.0 Å². The number of hydrogen-bond acceptors (Lipinski definition) is 3. The first-order valence-electron chi connectivity index (χ1n) is 7.73. The summed E-state index contributed by atoms with van der Waals surface area (Å²) in [7, 11) is 1.61. The molecule has 0 unspecified atom stereocenters. The van der Waals surface area contributed by atoms with Crippen molar-refractivity contribution >= 4 is 51.9 Å². The molecule has 0 aliphatic heterocycles. The third-order valence-corrected chi connectivity index (χ3v) is 4.54. The van der Waals surface area contributed by atoms with Gasteiger partial charge in [0, 0.05) is 21.8 Å². The first-order valence-corrected chi connectivity index (χ1v) is 8.89. The van der Waals surface area contributed by atoms with Crippen LogP contribution in [0.2, 0.25) is 10.0 Å². The van der Waals surface area contributed by atoms with Crippen LogP contribution in [0, 0.1) is 0 Å². The summed E-state index contributed by atoms with van der Waals surface area (Å²) in [4.78, 5) is 0. The van der Waals surface area contributed by atoms with Crippen LogP contribution in [0.15, 0.2) is 54.9 Å². The molecule has 0 amide bonds. The van der Waals surface area contributed by atoms with E-state index in [4.69, 9.17) is 40.2 Å². The number of hydrogen-bond donors (Lipinski definition) is 2. The summed E-state index contributed by atoms with van der Waals surface area (Å²) in [5, 5.41) is 12.2. The van der Waals surface area contributed by atoms with E-state index in [1.54, 1.807) is 30.1 Å². The normalized spacial score (nSPS) is 10.4. The number of nitrogens with one attached hydrogen (secondary N) is 2. The Balaban J connectivity index is 1.66. The zero-order chi connectivity index (χ0) is 18.5. The smallest absolute Gasteiger partial charge is 0.175 e. The molecule has 0 bridgehead atoms. The van der Waals surface area contributed by atoms with Crippen LogP contribution in [0.4, 0.5) is 11.4 Å². The van der Waals surface area contributed by atoms with Crippen LogP contribution in [0.3, 0.4) is 0 Å². The summed E-state index contributed by atoms with van der Waals surface area (Å²) < 4.78 is 7.04. The molecule has 3 aromatic rings. The van der Waals surface area contributed by atoms with E-state index in [0.717, 1.165) is 16.9 Å². The lowest BCUT2D eigenvalue weighted by Gasteiger charge is -2.12. The van der Waals surface area contributed by atoms with E-state index in [-0.39, 0.29) is 0 Å². The Kier molecular flexibility index (Phi) is 5.98. The molecule has 0 atom stereocenters. The van der Waals surface area contributed by atoms with Crippen molar-refractivity contribution in [1.82, 2.24) is 9.78 Å². The molecule has 0 saturated heterocycles. The zero-order valence-corrected chi connectivity index (χ0v) is 16.2. The molecule has 5 nitrogen and oxygen atoms in total. The van der Waals surface area contributed by atoms with Crippen molar-refractivity contribution in [3.63, 3.8) is 0 Å². The molecule has 0 aliphatic carbocycles. The topological polar surface area (TPSA) is 51.1 Å². The molecule has 1 heterocycles. The Morgan fingerprint density at radius 1 is 1.12 bits per heavy atom. The maximum Gasteiger partial charge on any atom is 0.175 e. The molecule has 134 valence electrons. The van der Waals surface area contributed by atoms with Crippen molar-refractivity contribution in [2.45, 2.75) is 6.54 Å². The molecule has 8 heteroatoms. The van der Waals surface area contributed by atoms with E-state index in [0.29, 0.717) is 27.5 Å². The molecule has 2 aromatic carbocycles. The van der Waals surface area contributed by atoms with E-state index in [1.807, 2.05) is 36.5 Å². The van der Waals surface area contributed by atoms with Gasteiger partial charge >= 0.3 is 0 Å². The Hall–Kier alpha value is -2.28. The summed E-state index contributed by atoms with van der Waals surface area (Å²) in [6.07, 6.45) is 3.51. The molecule has 0 radical (unpaired) electrons. The predicted octanol–water partition coefficient (Wildman–Crippen LogP) is 5.06. The molecular formula is C18H16Cl2N4OS. The van der Waals surface area contributed by atoms with Gasteiger partial charge in [-0.15, -0.1) is 0 Å². The van der Waals surface area contributed by atoms with Gasteiger partial charge in [0.1, 0.15) is 5.75 Å². The van der Waals surface area contributed by atoms with Crippen molar-refractivity contribution in [2.75, 3.05) is 17.7 Å². The standard InChI is InChI=1S/C18H16Cl2N4OS/c1-25-17-8-3-2-7-16(17)23-18(26)22-12-9-21-24(10-12)11-13-14(19)5-4-6-15(13)20/h2-10H,11H2,1H3,(H2,22,23,26). The van der Waals surface area contributed by atoms with Crippen molar-refractivity contribution in [1.29, 1.82) is 0 Å². The largest absolute Gasteiger partial charge is 0.495 e. The van der Waals surface area contributed by atoms with E-state index in [2.05, 4.69) is 15.7 Å². The molecule has 0 saturated carbocycles. The minimum Gasteiger partial charge on any atom is -0.495 e. The summed E-state index contributed by atoms with van der Waals surface area (Å²) in [5.41, 5.74) is 2.35. The SMILES string of the molecule is COc1ccccc1NC(=S)Nc1cnn(Cc2c(Cl)cccc2Cl)c1. The number of rotatable bonds is 5. The Morgan fingerprint density at radius 3 is 2.58 bits per heavy atom. The monoisotopic (exact) mass is 406 g/mol. The third kappa shape index (κ3) is 4.46. The fourth-order valence-corrected chi connectivity index (χ4v) is 3.14. The summed E-state index contributed by atoms with van der Waals surface area (Å²) in [6.45, 7) is 0.465. The minimum atomic E-state index is 0.435. The highest BCUT2D eigenvalue weighted by Crippen LogP contribution is 2.26. The van der Waals surface area contributed by atoms with E-state index < -0.39 is 0 Å². The number of para-hydroxylation sites is 2. The third-order valence-electron chi connectivity index (χ3n) is 3.63. The lowest BCUT2D eigenvalue weighted by atomic mass is 10.2. The molecule has 3 rings (SSSR count). The van der Waals surface area contributed by atoms with Crippen molar-refractivity contribution < 1.29 is 4.74 Å². The number of anilines is 2. The summed E-state index contributed by atoms with van der Waals surface area (Å²) in [6, 6.07) is 13.0. The van der Waals surface area contributed by atoms with Crippen LogP contribution >= 0.6 is 35.4 Å². The molecular weight excluding hydrogens is 391 g/mol. The van der Waals surface area contributed by atoms with Crippen molar-refractivity contribution in [3.05, 3.63) is 70.5 Å². The van der Waals surface area contributed by atoms with E-state index in [1.165, 1.54) is 0 Å². The lowest BCUT2D eigenvalue weighted by molar-refractivity contribution is 0.417. The molecule has 26 heavy (non-hydrogen) atoms. The fourth-order valence-electron chi connectivity index (χ4n) is 2.39. The molecule has 1 aromatic heterocycles. The van der Waals surface area contributed by atoms with Gasteiger partial charge in [0.2, 0.25) is 0 Å². The Bertz CT molecular complexity index is 909. The van der Waals surface area contributed by atoms with Crippen LogP contribution < -0.4 is 15.4 Å². The summed E-state index contributed by atoms with van der Waals surface area (Å²) >= 11 is 17.8. The average Bonchev–Trinajstić information content (AvgIpc) is 3.05. The number of nitrogens with zero attached hydrogens (tertiary/aromatic N) is 2. The second kappa shape index (κ2) is 8.40. The van der Waals surface area contributed by atoms with E-state index in [9.17, 15) is 0 Å². The zero-order valence-electron chi connectivity index (χ0n) is 13.9. The number of methoxy groups -OCH3 is 1. The van der Waals surface area contributed by atoms with Crippen molar-refractivity contribution in [3.8, 4) is 5.75 Å². The summed E-state index contributed by atoms with van der Waals surface area (Å²) in [5.74, 6) is 0.709. The maximum atomic E-state index is 6.21. The van der Waals surface area contributed by atoms with Gasteiger partial charge in [-0.1, -0.05) is 41.4 Å². The molecule has 0 spiro atoms.